The van der Waals surface area contributed by atoms with Crippen LogP contribution in [0.15, 0.2) is 0 Å². The number of hydrogen-bond donors (Lipinski definition) is 0. The summed E-state index contributed by atoms with van der Waals surface area (Å²) >= 11 is 0. The fourth-order valence-electron chi connectivity index (χ4n) is 1.41. The largest absolute Gasteiger partial charge is 0.466 e. The minimum absolute atomic E-state index is 0.0176. The molecular weight excluding hydrogens is 412 g/mol. The van der Waals surface area contributed by atoms with Crippen molar-refractivity contribution in [2.24, 2.45) is 0 Å². The number of carbonyl (C=O) groups is 2. The maximum Gasteiger partial charge on any atom is 0.460 e. The molecule has 0 heterocycles. The molecule has 0 radical (unpaired) electrons. The minimum atomic E-state index is -8.01. The third kappa shape index (κ3) is 2.82. The van der Waals surface area contributed by atoms with Gasteiger partial charge in [0, 0.05) is 0 Å². The fraction of sp³-hybridized carbons (Fsp3) is 0.800. The van der Waals surface area contributed by atoms with E-state index in [1.165, 1.54) is 0 Å². The molecule has 0 unspecified atom stereocenters. The van der Waals surface area contributed by atoms with Gasteiger partial charge in [0.15, 0.2) is 0 Å². The Kier molecular flexibility index (Phi) is 5.90. The van der Waals surface area contributed by atoms with E-state index in [9.17, 15) is 62.3 Å². The summed E-state index contributed by atoms with van der Waals surface area (Å²) in [4.78, 5) is 21.9. The van der Waals surface area contributed by atoms with Crippen LogP contribution in [-0.4, -0.2) is 61.7 Å². The van der Waals surface area contributed by atoms with E-state index in [-0.39, 0.29) is 14.2 Å². The zero-order valence-electron chi connectivity index (χ0n) is 12.2. The number of alkyl halides is 12. The first-order valence-corrected chi connectivity index (χ1v) is 5.65. The summed E-state index contributed by atoms with van der Waals surface area (Å²) < 4.78 is 162. The molecule has 0 aliphatic heterocycles. The lowest BCUT2D eigenvalue weighted by molar-refractivity contribution is -0.429. The predicted molar refractivity (Wildman–Crippen MR) is 53.7 cm³/mol. The van der Waals surface area contributed by atoms with Crippen LogP contribution < -0.4 is 0 Å². The van der Waals surface area contributed by atoms with Crippen molar-refractivity contribution in [2.45, 2.75) is 35.5 Å². The average Bonchev–Trinajstić information content (AvgIpc) is 2.50. The van der Waals surface area contributed by atoms with Gasteiger partial charge in [0.1, 0.15) is 0 Å². The molecule has 154 valence electrons. The highest BCUT2D eigenvalue weighted by Gasteiger charge is 2.92. The van der Waals surface area contributed by atoms with Gasteiger partial charge in [0.2, 0.25) is 0 Å². The number of methoxy groups -OCH3 is 2. The van der Waals surface area contributed by atoms with Crippen LogP contribution in [0.5, 0.6) is 0 Å². The Morgan fingerprint density at radius 2 is 0.808 bits per heavy atom. The van der Waals surface area contributed by atoms with Gasteiger partial charge >= 0.3 is 47.5 Å². The highest BCUT2D eigenvalue weighted by Crippen LogP contribution is 2.60. The quantitative estimate of drug-likeness (QED) is 0.378. The lowest BCUT2D eigenvalue weighted by atomic mass is 9.86. The van der Waals surface area contributed by atoms with E-state index in [1.807, 2.05) is 0 Å². The van der Waals surface area contributed by atoms with Crippen LogP contribution in [0.2, 0.25) is 0 Å². The van der Waals surface area contributed by atoms with Crippen molar-refractivity contribution in [3.63, 3.8) is 0 Å². The summed E-state index contributed by atoms with van der Waals surface area (Å²) in [6, 6.07) is 0. The molecular formula is C10H6F12O4. The highest BCUT2D eigenvalue weighted by molar-refractivity contribution is 6.05. The first kappa shape index (κ1) is 24.1. The normalized spacial score (nSPS) is 14.8. The molecule has 0 aromatic carbocycles. The van der Waals surface area contributed by atoms with Gasteiger partial charge in [-0.2, -0.15) is 48.3 Å². The van der Waals surface area contributed by atoms with Gasteiger partial charge in [0.25, 0.3) is 0 Å². The average molecular weight is 418 g/mol. The maximum atomic E-state index is 14.0. The van der Waals surface area contributed by atoms with Gasteiger partial charge in [-0.1, -0.05) is 0 Å². The van der Waals surface area contributed by atoms with Gasteiger partial charge in [0.05, 0.1) is 14.2 Å². The minimum Gasteiger partial charge on any atom is -0.466 e. The molecule has 0 atom stereocenters. The molecule has 0 spiro atoms. The standard InChI is InChI=1S/C10H6F12O4/c1-25-3(23)5(11,4(24)26-2)6(12,13)7(14,15)8(16,17)9(18,19)10(20,21)22/h1-2H3. The third-order valence-electron chi connectivity index (χ3n) is 2.91. The van der Waals surface area contributed by atoms with Crippen molar-refractivity contribution in [1.29, 1.82) is 0 Å². The monoisotopic (exact) mass is 418 g/mol. The van der Waals surface area contributed by atoms with E-state index >= 15 is 0 Å². The summed E-state index contributed by atoms with van der Waals surface area (Å²) in [6.07, 6.45) is -7.49. The molecule has 0 saturated carbocycles. The van der Waals surface area contributed by atoms with Crippen LogP contribution in [0, 0.1) is 0 Å². The van der Waals surface area contributed by atoms with Crippen LogP contribution in [0.1, 0.15) is 0 Å². The molecule has 16 heteroatoms. The van der Waals surface area contributed by atoms with E-state index in [2.05, 4.69) is 9.47 Å². The van der Waals surface area contributed by atoms with Crippen molar-refractivity contribution in [2.75, 3.05) is 14.2 Å². The molecule has 0 aliphatic rings. The molecule has 0 aromatic heterocycles. The molecule has 0 aliphatic carbocycles. The number of halogens is 12. The molecule has 0 rings (SSSR count). The number of carbonyl (C=O) groups excluding carboxylic acids is 2. The van der Waals surface area contributed by atoms with Crippen molar-refractivity contribution in [3.05, 3.63) is 0 Å². The Labute approximate surface area is 135 Å². The third-order valence-corrected chi connectivity index (χ3v) is 2.91. The second kappa shape index (κ2) is 6.37. The summed E-state index contributed by atoms with van der Waals surface area (Å²) in [7, 11) is -0.0351. The zero-order chi connectivity index (χ0) is 21.6. The van der Waals surface area contributed by atoms with E-state index in [0.717, 1.165) is 0 Å². The summed E-state index contributed by atoms with van der Waals surface area (Å²) in [5.74, 6) is -37.9. The molecule has 0 bridgehead atoms. The maximum absolute atomic E-state index is 14.0. The van der Waals surface area contributed by atoms with E-state index in [1.54, 1.807) is 0 Å². The topological polar surface area (TPSA) is 52.6 Å². The fourth-order valence-corrected chi connectivity index (χ4v) is 1.41. The molecule has 0 saturated heterocycles. The van der Waals surface area contributed by atoms with Crippen LogP contribution >= 0.6 is 0 Å². The van der Waals surface area contributed by atoms with Crippen molar-refractivity contribution in [3.8, 4) is 0 Å². The van der Waals surface area contributed by atoms with Crippen molar-refractivity contribution < 1.29 is 71.7 Å². The SMILES string of the molecule is COC(=O)C(F)(C(=O)OC)C(F)(F)C(F)(F)C(F)(F)C(F)(F)C(F)(F)F. The Morgan fingerprint density at radius 3 is 1.04 bits per heavy atom. The predicted octanol–water partition coefficient (Wildman–Crippen LogP) is 3.14. The van der Waals surface area contributed by atoms with Crippen LogP contribution in [0.25, 0.3) is 0 Å². The Balaban J connectivity index is 6.73. The van der Waals surface area contributed by atoms with E-state index in [4.69, 9.17) is 0 Å². The zero-order valence-corrected chi connectivity index (χ0v) is 12.2. The lowest BCUT2D eigenvalue weighted by Gasteiger charge is -2.40. The van der Waals surface area contributed by atoms with Gasteiger partial charge in [-0.25, -0.2) is 14.0 Å². The Hall–Kier alpha value is -1.90. The van der Waals surface area contributed by atoms with Crippen LogP contribution in [0.4, 0.5) is 52.7 Å². The molecule has 0 N–H and O–H groups in total. The molecule has 26 heavy (non-hydrogen) atoms. The number of ether oxygens (including phenoxy) is 2. The summed E-state index contributed by atoms with van der Waals surface area (Å²) in [5, 5.41) is 0. The second-order valence-electron chi connectivity index (χ2n) is 4.44. The summed E-state index contributed by atoms with van der Waals surface area (Å²) in [5.41, 5.74) is -6.19. The smallest absolute Gasteiger partial charge is 0.460 e. The number of rotatable bonds is 6. The van der Waals surface area contributed by atoms with Gasteiger partial charge in [-0.05, 0) is 0 Å². The lowest BCUT2D eigenvalue weighted by Crippen LogP contribution is -2.74. The molecule has 0 fully saturated rings. The Bertz CT molecular complexity index is 551. The van der Waals surface area contributed by atoms with Gasteiger partial charge in [-0.3, -0.25) is 0 Å². The second-order valence-corrected chi connectivity index (χ2v) is 4.44. The molecule has 4 nitrogen and oxygen atoms in total. The molecule has 0 amide bonds. The van der Waals surface area contributed by atoms with E-state index in [0.29, 0.717) is 0 Å². The highest BCUT2D eigenvalue weighted by atomic mass is 19.4. The Morgan fingerprint density at radius 1 is 0.538 bits per heavy atom. The first-order valence-electron chi connectivity index (χ1n) is 5.65. The van der Waals surface area contributed by atoms with Gasteiger partial charge in [-0.15, -0.1) is 0 Å². The van der Waals surface area contributed by atoms with Crippen LogP contribution in [0.3, 0.4) is 0 Å². The first-order chi connectivity index (χ1) is 11.2. The van der Waals surface area contributed by atoms with Crippen molar-refractivity contribution >= 4 is 11.9 Å². The number of esters is 2. The summed E-state index contributed by atoms with van der Waals surface area (Å²) in [6.45, 7) is 0. The van der Waals surface area contributed by atoms with Crippen molar-refractivity contribution in [1.82, 2.24) is 0 Å². The van der Waals surface area contributed by atoms with Gasteiger partial charge < -0.3 is 9.47 Å². The van der Waals surface area contributed by atoms with Crippen LogP contribution in [-0.2, 0) is 19.1 Å². The van der Waals surface area contributed by atoms with E-state index < -0.39 is 47.5 Å². The number of hydrogen-bond acceptors (Lipinski definition) is 4. The molecule has 0 aromatic rings.